The smallest absolute Gasteiger partial charge is 0.372 e. The van der Waals surface area contributed by atoms with E-state index in [1.54, 1.807) is 0 Å². The van der Waals surface area contributed by atoms with E-state index < -0.39 is 8.56 Å². The lowest BCUT2D eigenvalue weighted by Gasteiger charge is -2.30. The lowest BCUT2D eigenvalue weighted by Crippen LogP contribution is -2.53. The Labute approximate surface area is 157 Å². The summed E-state index contributed by atoms with van der Waals surface area (Å²) < 4.78 is 12.5. The summed E-state index contributed by atoms with van der Waals surface area (Å²) in [5.74, 6) is 0. The molecule has 1 heterocycles. The fourth-order valence-electron chi connectivity index (χ4n) is 3.41. The van der Waals surface area contributed by atoms with Gasteiger partial charge in [-0.25, -0.2) is 0 Å². The summed E-state index contributed by atoms with van der Waals surface area (Å²) in [6.07, 6.45) is 1.94. The van der Waals surface area contributed by atoms with Gasteiger partial charge < -0.3 is 8.85 Å². The van der Waals surface area contributed by atoms with Crippen molar-refractivity contribution in [3.63, 3.8) is 0 Å². The van der Waals surface area contributed by atoms with Crippen LogP contribution in [0.3, 0.4) is 0 Å². The van der Waals surface area contributed by atoms with Crippen LogP contribution >= 0.6 is 0 Å². The van der Waals surface area contributed by atoms with Crippen LogP contribution in [-0.4, -0.2) is 26.8 Å². The standard InChI is InChI=1S/C22H27NO2Si/c1-3-24-26(25-4-2,21-13-6-5-7-14-21)18-10-12-20-17-16-19-11-8-9-15-22(19)23-20/h5-9,11,13-17H,3-4,10,12,18H2,1-2H3. The average molecular weight is 366 g/mol. The Hall–Kier alpha value is -2.01. The van der Waals surface area contributed by atoms with Crippen molar-refractivity contribution in [3.8, 4) is 0 Å². The van der Waals surface area contributed by atoms with Crippen LogP contribution < -0.4 is 5.19 Å². The molecule has 0 atom stereocenters. The lowest BCUT2D eigenvalue weighted by molar-refractivity contribution is 0.195. The molecule has 0 N–H and O–H groups in total. The van der Waals surface area contributed by atoms with Crippen molar-refractivity contribution in [2.24, 2.45) is 0 Å². The third-order valence-electron chi connectivity index (χ3n) is 4.56. The van der Waals surface area contributed by atoms with Gasteiger partial charge in [-0.15, -0.1) is 0 Å². The molecule has 0 aliphatic rings. The number of fused-ring (bicyclic) bond motifs is 1. The first kappa shape index (κ1) is 18.8. The van der Waals surface area contributed by atoms with Crippen LogP contribution in [0.1, 0.15) is 26.0 Å². The van der Waals surface area contributed by atoms with Crippen molar-refractivity contribution in [1.29, 1.82) is 0 Å². The van der Waals surface area contributed by atoms with Gasteiger partial charge in [-0.3, -0.25) is 4.98 Å². The molecule has 3 aromatic rings. The lowest BCUT2D eigenvalue weighted by atomic mass is 10.1. The molecule has 3 nitrogen and oxygen atoms in total. The highest BCUT2D eigenvalue weighted by atomic mass is 28.4. The summed E-state index contributed by atoms with van der Waals surface area (Å²) in [6, 6.07) is 24.0. The molecular formula is C22H27NO2Si. The monoisotopic (exact) mass is 365 g/mol. The van der Waals surface area contributed by atoms with Gasteiger partial charge in [0.1, 0.15) is 0 Å². The Balaban J connectivity index is 1.74. The maximum atomic E-state index is 6.26. The average Bonchev–Trinajstić information content (AvgIpc) is 2.69. The van der Waals surface area contributed by atoms with E-state index in [4.69, 9.17) is 13.8 Å². The minimum absolute atomic E-state index is 0.676. The first-order valence-corrected chi connectivity index (χ1v) is 11.5. The molecule has 0 amide bonds. The van der Waals surface area contributed by atoms with Gasteiger partial charge in [0.2, 0.25) is 0 Å². The van der Waals surface area contributed by atoms with Crippen molar-refractivity contribution in [1.82, 2.24) is 4.98 Å². The number of aryl methyl sites for hydroxylation is 1. The van der Waals surface area contributed by atoms with Gasteiger partial charge in [0, 0.05) is 24.3 Å². The van der Waals surface area contributed by atoms with Crippen LogP contribution in [0.15, 0.2) is 66.7 Å². The quantitative estimate of drug-likeness (QED) is 0.520. The van der Waals surface area contributed by atoms with Crippen molar-refractivity contribution >= 4 is 24.7 Å². The molecule has 0 aliphatic heterocycles. The summed E-state index contributed by atoms with van der Waals surface area (Å²) in [6.45, 7) is 5.45. The van der Waals surface area contributed by atoms with Gasteiger partial charge in [0.25, 0.3) is 0 Å². The van der Waals surface area contributed by atoms with Gasteiger partial charge in [-0.2, -0.15) is 0 Å². The van der Waals surface area contributed by atoms with Crippen LogP contribution in [0.2, 0.25) is 6.04 Å². The van der Waals surface area contributed by atoms with Gasteiger partial charge in [-0.05, 0) is 50.1 Å². The Morgan fingerprint density at radius 2 is 1.50 bits per heavy atom. The molecule has 3 rings (SSSR count). The van der Waals surface area contributed by atoms with E-state index in [0.29, 0.717) is 13.2 Å². The summed E-state index contributed by atoms with van der Waals surface area (Å²) in [5.41, 5.74) is 2.19. The Morgan fingerprint density at radius 1 is 0.808 bits per heavy atom. The highest BCUT2D eigenvalue weighted by Gasteiger charge is 2.38. The van der Waals surface area contributed by atoms with E-state index in [1.165, 1.54) is 10.6 Å². The molecule has 136 valence electrons. The maximum Gasteiger partial charge on any atom is 0.372 e. The van der Waals surface area contributed by atoms with E-state index in [2.05, 4.69) is 62.4 Å². The molecule has 0 radical (unpaired) electrons. The molecule has 0 aliphatic carbocycles. The van der Waals surface area contributed by atoms with Crippen molar-refractivity contribution in [3.05, 3.63) is 72.4 Å². The second kappa shape index (κ2) is 9.08. The number of aromatic nitrogens is 1. The molecule has 2 aromatic carbocycles. The van der Waals surface area contributed by atoms with Gasteiger partial charge in [0.15, 0.2) is 0 Å². The minimum Gasteiger partial charge on any atom is -0.391 e. The van der Waals surface area contributed by atoms with E-state index in [-0.39, 0.29) is 0 Å². The molecule has 0 saturated carbocycles. The van der Waals surface area contributed by atoms with Crippen LogP contribution in [0.5, 0.6) is 0 Å². The molecule has 0 fully saturated rings. The molecule has 0 unspecified atom stereocenters. The fourth-order valence-corrected chi connectivity index (χ4v) is 6.67. The van der Waals surface area contributed by atoms with E-state index in [9.17, 15) is 0 Å². The maximum absolute atomic E-state index is 6.26. The van der Waals surface area contributed by atoms with Gasteiger partial charge in [-0.1, -0.05) is 54.6 Å². The Morgan fingerprint density at radius 3 is 2.23 bits per heavy atom. The van der Waals surface area contributed by atoms with Crippen LogP contribution in [0, 0.1) is 0 Å². The second-order valence-corrected chi connectivity index (χ2v) is 9.49. The third-order valence-corrected chi connectivity index (χ3v) is 8.30. The summed E-state index contributed by atoms with van der Waals surface area (Å²) in [7, 11) is -2.41. The zero-order valence-corrected chi connectivity index (χ0v) is 16.7. The van der Waals surface area contributed by atoms with Gasteiger partial charge in [0.05, 0.1) is 5.52 Å². The summed E-state index contributed by atoms with van der Waals surface area (Å²) in [4.78, 5) is 4.79. The predicted molar refractivity (Wildman–Crippen MR) is 110 cm³/mol. The topological polar surface area (TPSA) is 31.4 Å². The highest BCUT2D eigenvalue weighted by molar-refractivity contribution is 6.81. The number of benzene rings is 2. The minimum atomic E-state index is -2.41. The zero-order chi connectivity index (χ0) is 18.2. The van der Waals surface area contributed by atoms with Crippen LogP contribution in [0.25, 0.3) is 10.9 Å². The molecule has 4 heteroatoms. The second-order valence-electron chi connectivity index (χ2n) is 6.33. The Kier molecular flexibility index (Phi) is 6.55. The first-order chi connectivity index (χ1) is 12.8. The summed E-state index contributed by atoms with van der Waals surface area (Å²) in [5, 5.41) is 2.41. The molecular weight excluding hydrogens is 338 g/mol. The number of para-hydroxylation sites is 1. The van der Waals surface area contributed by atoms with Crippen molar-refractivity contribution in [2.75, 3.05) is 13.2 Å². The molecule has 0 saturated heterocycles. The number of hydrogen-bond acceptors (Lipinski definition) is 3. The molecule has 26 heavy (non-hydrogen) atoms. The zero-order valence-electron chi connectivity index (χ0n) is 15.7. The third kappa shape index (κ3) is 4.39. The van der Waals surface area contributed by atoms with E-state index in [0.717, 1.165) is 30.1 Å². The van der Waals surface area contributed by atoms with Crippen LogP contribution in [0.4, 0.5) is 0 Å². The normalized spacial score (nSPS) is 11.8. The molecule has 0 bridgehead atoms. The highest BCUT2D eigenvalue weighted by Crippen LogP contribution is 2.19. The number of nitrogens with zero attached hydrogens (tertiary/aromatic N) is 1. The fraction of sp³-hybridized carbons (Fsp3) is 0.318. The van der Waals surface area contributed by atoms with Crippen molar-refractivity contribution < 1.29 is 8.85 Å². The van der Waals surface area contributed by atoms with Crippen LogP contribution in [-0.2, 0) is 15.3 Å². The molecule has 1 aromatic heterocycles. The first-order valence-electron chi connectivity index (χ1n) is 9.45. The SMILES string of the molecule is CCO[Si](CCCc1ccc2ccccc2n1)(OCC)c1ccccc1. The number of rotatable bonds is 9. The largest absolute Gasteiger partial charge is 0.391 e. The Bertz CT molecular complexity index is 816. The number of pyridine rings is 1. The molecule has 0 spiro atoms. The van der Waals surface area contributed by atoms with Crippen molar-refractivity contribution in [2.45, 2.75) is 32.7 Å². The summed E-state index contributed by atoms with van der Waals surface area (Å²) >= 11 is 0. The van der Waals surface area contributed by atoms with Gasteiger partial charge >= 0.3 is 8.56 Å². The van der Waals surface area contributed by atoms with E-state index >= 15 is 0 Å². The predicted octanol–water partition coefficient (Wildman–Crippen LogP) is 4.59. The van der Waals surface area contributed by atoms with E-state index in [1.807, 2.05) is 18.2 Å². The number of hydrogen-bond donors (Lipinski definition) is 0.